The van der Waals surface area contributed by atoms with E-state index in [1.165, 1.54) is 0 Å². The van der Waals surface area contributed by atoms with Crippen molar-refractivity contribution in [3.8, 4) is 5.75 Å². The third-order valence-corrected chi connectivity index (χ3v) is 4.63. The number of benzene rings is 2. The van der Waals surface area contributed by atoms with Crippen LogP contribution in [0.3, 0.4) is 0 Å². The first-order chi connectivity index (χ1) is 13.0. The lowest BCUT2D eigenvalue weighted by Crippen LogP contribution is -2.36. The van der Waals surface area contributed by atoms with Gasteiger partial charge >= 0.3 is 0 Å². The van der Waals surface area contributed by atoms with Gasteiger partial charge in [-0.1, -0.05) is 41.9 Å². The molecule has 2 amide bonds. The standard InChI is InChI=1S/C21H25ClN2O3/c1-15-12-18(13-16(2)21(15)22)27-14-20(26)24-11-10-23-19(25)9-8-17-6-4-3-5-7-17/h3-7,12-13H,8-11,14H2,1-2H3,(H,23,25)(H,24,26). The molecular weight excluding hydrogens is 364 g/mol. The summed E-state index contributed by atoms with van der Waals surface area (Å²) in [5, 5.41) is 6.22. The molecule has 0 unspecified atom stereocenters. The zero-order chi connectivity index (χ0) is 19.6. The zero-order valence-electron chi connectivity index (χ0n) is 15.7. The second-order valence-corrected chi connectivity index (χ2v) is 6.72. The average molecular weight is 389 g/mol. The van der Waals surface area contributed by atoms with E-state index in [9.17, 15) is 9.59 Å². The van der Waals surface area contributed by atoms with Crippen LogP contribution in [-0.4, -0.2) is 31.5 Å². The fourth-order valence-electron chi connectivity index (χ4n) is 2.58. The third-order valence-electron chi connectivity index (χ3n) is 4.03. The van der Waals surface area contributed by atoms with Gasteiger partial charge in [0.2, 0.25) is 5.91 Å². The van der Waals surface area contributed by atoms with Gasteiger partial charge in [0.1, 0.15) is 5.75 Å². The van der Waals surface area contributed by atoms with E-state index in [1.54, 1.807) is 12.1 Å². The minimum Gasteiger partial charge on any atom is -0.484 e. The molecule has 0 heterocycles. The molecule has 0 saturated carbocycles. The fourth-order valence-corrected chi connectivity index (χ4v) is 2.69. The van der Waals surface area contributed by atoms with Crippen LogP contribution in [0.25, 0.3) is 0 Å². The van der Waals surface area contributed by atoms with Gasteiger partial charge in [-0.2, -0.15) is 0 Å². The maximum atomic E-state index is 11.8. The number of rotatable bonds is 9. The van der Waals surface area contributed by atoms with E-state index in [4.69, 9.17) is 16.3 Å². The van der Waals surface area contributed by atoms with Crippen LogP contribution in [0.2, 0.25) is 5.02 Å². The summed E-state index contributed by atoms with van der Waals surface area (Å²) in [5.74, 6) is 0.342. The van der Waals surface area contributed by atoms with Crippen molar-refractivity contribution < 1.29 is 14.3 Å². The Labute approximate surface area is 165 Å². The molecule has 2 aromatic rings. The van der Waals surface area contributed by atoms with Gasteiger partial charge in [-0.05, 0) is 49.1 Å². The topological polar surface area (TPSA) is 67.4 Å². The normalized spacial score (nSPS) is 10.3. The Kier molecular flexibility index (Phi) is 8.14. The molecule has 27 heavy (non-hydrogen) atoms. The highest BCUT2D eigenvalue weighted by Gasteiger charge is 2.07. The molecule has 0 spiro atoms. The first kappa shape index (κ1) is 20.8. The number of aryl methyl sites for hydroxylation is 3. The second kappa shape index (κ2) is 10.6. The molecule has 0 aliphatic rings. The maximum absolute atomic E-state index is 11.8. The van der Waals surface area contributed by atoms with Crippen LogP contribution in [0.15, 0.2) is 42.5 Å². The predicted octanol–water partition coefficient (Wildman–Crippen LogP) is 3.20. The molecule has 144 valence electrons. The first-order valence-electron chi connectivity index (χ1n) is 8.92. The van der Waals surface area contributed by atoms with E-state index < -0.39 is 0 Å². The van der Waals surface area contributed by atoms with Crippen LogP contribution >= 0.6 is 11.6 Å². The van der Waals surface area contributed by atoms with E-state index in [0.29, 0.717) is 36.7 Å². The summed E-state index contributed by atoms with van der Waals surface area (Å²) >= 11 is 6.11. The van der Waals surface area contributed by atoms with Gasteiger partial charge in [-0.25, -0.2) is 0 Å². The summed E-state index contributed by atoms with van der Waals surface area (Å²) in [6.07, 6.45) is 1.13. The molecule has 0 aliphatic carbocycles. The van der Waals surface area contributed by atoms with E-state index in [1.807, 2.05) is 44.2 Å². The molecule has 6 heteroatoms. The lowest BCUT2D eigenvalue weighted by atomic mass is 10.1. The lowest BCUT2D eigenvalue weighted by Gasteiger charge is -2.11. The van der Waals surface area contributed by atoms with Crippen LogP contribution < -0.4 is 15.4 Å². The SMILES string of the molecule is Cc1cc(OCC(=O)NCCNC(=O)CCc2ccccc2)cc(C)c1Cl. The van der Waals surface area contributed by atoms with E-state index in [2.05, 4.69) is 10.6 Å². The summed E-state index contributed by atoms with van der Waals surface area (Å²) in [6.45, 7) is 4.45. The number of amides is 2. The van der Waals surface area contributed by atoms with Crippen LogP contribution in [0, 0.1) is 13.8 Å². The number of ether oxygens (including phenoxy) is 1. The van der Waals surface area contributed by atoms with Gasteiger partial charge in [-0.3, -0.25) is 9.59 Å². The van der Waals surface area contributed by atoms with Crippen molar-refractivity contribution in [2.24, 2.45) is 0 Å². The van der Waals surface area contributed by atoms with Crippen LogP contribution in [0.4, 0.5) is 0 Å². The largest absolute Gasteiger partial charge is 0.484 e. The summed E-state index contributed by atoms with van der Waals surface area (Å²) in [4.78, 5) is 23.6. The summed E-state index contributed by atoms with van der Waals surface area (Å²) in [6, 6.07) is 13.5. The molecule has 0 radical (unpaired) electrons. The Morgan fingerprint density at radius 2 is 1.56 bits per heavy atom. The molecule has 0 aliphatic heterocycles. The number of nitrogens with one attached hydrogen (secondary N) is 2. The van der Waals surface area contributed by atoms with E-state index in [-0.39, 0.29) is 18.4 Å². The highest BCUT2D eigenvalue weighted by molar-refractivity contribution is 6.32. The Bertz CT molecular complexity index is 755. The number of hydrogen-bond acceptors (Lipinski definition) is 3. The van der Waals surface area contributed by atoms with Crippen molar-refractivity contribution in [1.29, 1.82) is 0 Å². The van der Waals surface area contributed by atoms with Crippen molar-refractivity contribution in [3.63, 3.8) is 0 Å². The smallest absolute Gasteiger partial charge is 0.258 e. The molecule has 2 aromatic carbocycles. The minimum atomic E-state index is -0.237. The van der Waals surface area contributed by atoms with Gasteiger partial charge in [-0.15, -0.1) is 0 Å². The Morgan fingerprint density at radius 3 is 2.19 bits per heavy atom. The monoisotopic (exact) mass is 388 g/mol. The summed E-state index contributed by atoms with van der Waals surface area (Å²) in [5.41, 5.74) is 2.95. The van der Waals surface area contributed by atoms with Gasteiger partial charge in [0.15, 0.2) is 6.61 Å². The molecule has 5 nitrogen and oxygen atoms in total. The highest BCUT2D eigenvalue weighted by atomic mass is 35.5. The van der Waals surface area contributed by atoms with Crippen molar-refractivity contribution in [2.45, 2.75) is 26.7 Å². The molecule has 0 aromatic heterocycles. The molecule has 2 N–H and O–H groups in total. The van der Waals surface area contributed by atoms with E-state index in [0.717, 1.165) is 16.7 Å². The van der Waals surface area contributed by atoms with E-state index >= 15 is 0 Å². The number of carbonyl (C=O) groups is 2. The Balaban J connectivity index is 1.60. The Hall–Kier alpha value is -2.53. The van der Waals surface area contributed by atoms with Crippen LogP contribution in [0.1, 0.15) is 23.1 Å². The first-order valence-corrected chi connectivity index (χ1v) is 9.30. The predicted molar refractivity (Wildman–Crippen MR) is 107 cm³/mol. The molecule has 0 fully saturated rings. The van der Waals surface area contributed by atoms with Gasteiger partial charge < -0.3 is 15.4 Å². The molecule has 0 saturated heterocycles. The molecule has 0 bridgehead atoms. The summed E-state index contributed by atoms with van der Waals surface area (Å²) < 4.78 is 5.49. The fraction of sp³-hybridized carbons (Fsp3) is 0.333. The van der Waals surface area contributed by atoms with Gasteiger partial charge in [0, 0.05) is 24.5 Å². The number of carbonyl (C=O) groups excluding carboxylic acids is 2. The second-order valence-electron chi connectivity index (χ2n) is 6.35. The Morgan fingerprint density at radius 1 is 0.963 bits per heavy atom. The van der Waals surface area contributed by atoms with Crippen molar-refractivity contribution in [1.82, 2.24) is 10.6 Å². The van der Waals surface area contributed by atoms with Gasteiger partial charge in [0.05, 0.1) is 0 Å². The van der Waals surface area contributed by atoms with Crippen LogP contribution in [0.5, 0.6) is 5.75 Å². The average Bonchev–Trinajstić information content (AvgIpc) is 2.67. The third kappa shape index (κ3) is 7.31. The quantitative estimate of drug-likeness (QED) is 0.648. The zero-order valence-corrected chi connectivity index (χ0v) is 16.4. The van der Waals surface area contributed by atoms with Crippen molar-refractivity contribution in [2.75, 3.05) is 19.7 Å². The lowest BCUT2D eigenvalue weighted by molar-refractivity contribution is -0.124. The number of halogens is 1. The molecular formula is C21H25ClN2O3. The molecule has 2 rings (SSSR count). The minimum absolute atomic E-state index is 0.0310. The van der Waals surface area contributed by atoms with Gasteiger partial charge in [0.25, 0.3) is 5.91 Å². The van der Waals surface area contributed by atoms with Crippen LogP contribution in [-0.2, 0) is 16.0 Å². The highest BCUT2D eigenvalue weighted by Crippen LogP contribution is 2.25. The summed E-state index contributed by atoms with van der Waals surface area (Å²) in [7, 11) is 0. The number of hydrogen-bond donors (Lipinski definition) is 2. The molecule has 0 atom stereocenters. The maximum Gasteiger partial charge on any atom is 0.258 e. The van der Waals surface area contributed by atoms with Crippen molar-refractivity contribution >= 4 is 23.4 Å². The van der Waals surface area contributed by atoms with Crippen molar-refractivity contribution in [3.05, 3.63) is 64.2 Å².